The van der Waals surface area contributed by atoms with Gasteiger partial charge in [0.25, 0.3) is 0 Å². The Morgan fingerprint density at radius 3 is 2.44 bits per heavy atom. The third-order valence-corrected chi connectivity index (χ3v) is 0.778. The molecule has 3 nitrogen and oxygen atoms in total. The van der Waals surface area contributed by atoms with E-state index in [2.05, 4.69) is 0 Å². The van der Waals surface area contributed by atoms with Gasteiger partial charge in [-0.15, -0.1) is 0 Å². The van der Waals surface area contributed by atoms with Crippen LogP contribution >= 0.6 is 0 Å². The monoisotopic (exact) mass is 132 g/mol. The molecule has 0 unspecified atom stereocenters. The first-order chi connectivity index (χ1) is 4.31. The molecular formula is C6H14NO2. The van der Waals surface area contributed by atoms with Crippen LogP contribution in [0.15, 0.2) is 0 Å². The molecule has 3 heteroatoms. The summed E-state index contributed by atoms with van der Waals surface area (Å²) >= 11 is 0. The van der Waals surface area contributed by atoms with Crippen molar-refractivity contribution in [2.24, 2.45) is 5.73 Å². The Kier molecular flexibility index (Phi) is 5.93. The molecule has 0 aromatic carbocycles. The zero-order valence-corrected chi connectivity index (χ0v) is 6.02. The van der Waals surface area contributed by atoms with Gasteiger partial charge in [0.2, 0.25) is 0 Å². The highest BCUT2D eigenvalue weighted by Gasteiger charge is 2.00. The van der Waals surface area contributed by atoms with Crippen LogP contribution in [0.25, 0.3) is 0 Å². The van der Waals surface area contributed by atoms with Crippen LogP contribution in [-0.4, -0.2) is 19.8 Å². The summed E-state index contributed by atoms with van der Waals surface area (Å²) in [6, 6.07) is 0. The molecule has 1 radical (unpaired) electrons. The van der Waals surface area contributed by atoms with Crippen LogP contribution in [0, 0.1) is 6.23 Å². The average Bonchev–Trinajstić information content (AvgIpc) is 1.85. The Hall–Kier alpha value is -0.120. The molecule has 2 N–H and O–H groups in total. The number of ether oxygens (including phenoxy) is 2. The van der Waals surface area contributed by atoms with Crippen molar-refractivity contribution in [2.75, 3.05) is 19.8 Å². The number of nitrogens with two attached hydrogens (primary N) is 1. The summed E-state index contributed by atoms with van der Waals surface area (Å²) in [6.45, 7) is 5.50. The molecule has 0 spiro atoms. The van der Waals surface area contributed by atoms with Gasteiger partial charge in [0.05, 0.1) is 6.61 Å². The fourth-order valence-corrected chi connectivity index (χ4v) is 0.430. The van der Waals surface area contributed by atoms with Gasteiger partial charge in [0, 0.05) is 13.2 Å². The van der Waals surface area contributed by atoms with Gasteiger partial charge in [-0.2, -0.15) is 0 Å². The second-order valence-corrected chi connectivity index (χ2v) is 1.54. The lowest BCUT2D eigenvalue weighted by molar-refractivity contribution is 0.0623. The van der Waals surface area contributed by atoms with Gasteiger partial charge in [-0.3, -0.25) is 5.73 Å². The maximum atomic E-state index is 5.34. The van der Waals surface area contributed by atoms with Gasteiger partial charge in [0.15, 0.2) is 6.23 Å². The Balaban J connectivity index is 2.95. The molecule has 0 aliphatic heterocycles. The van der Waals surface area contributed by atoms with Gasteiger partial charge >= 0.3 is 0 Å². The highest BCUT2D eigenvalue weighted by molar-refractivity contribution is 4.66. The quantitative estimate of drug-likeness (QED) is 0.592. The lowest BCUT2D eigenvalue weighted by atomic mass is 10.6. The van der Waals surface area contributed by atoms with Crippen LogP contribution in [0.1, 0.15) is 13.8 Å². The first-order valence-corrected chi connectivity index (χ1v) is 3.13. The second-order valence-electron chi connectivity index (χ2n) is 1.54. The summed E-state index contributed by atoms with van der Waals surface area (Å²) in [5.41, 5.74) is 5.34. The van der Waals surface area contributed by atoms with Gasteiger partial charge in [-0.1, -0.05) is 0 Å². The number of hydrogen-bond acceptors (Lipinski definition) is 3. The molecule has 0 fully saturated rings. The second kappa shape index (κ2) is 6.01. The van der Waals surface area contributed by atoms with E-state index in [1.165, 1.54) is 0 Å². The van der Waals surface area contributed by atoms with Crippen molar-refractivity contribution in [3.63, 3.8) is 0 Å². The topological polar surface area (TPSA) is 44.5 Å². The van der Waals surface area contributed by atoms with Gasteiger partial charge in [-0.25, -0.2) is 0 Å². The molecule has 0 atom stereocenters. The van der Waals surface area contributed by atoms with Crippen LogP contribution in [0.3, 0.4) is 0 Å². The third-order valence-electron chi connectivity index (χ3n) is 0.778. The van der Waals surface area contributed by atoms with Crippen molar-refractivity contribution < 1.29 is 9.47 Å². The Morgan fingerprint density at radius 2 is 2.00 bits per heavy atom. The minimum atomic E-state index is 0.407. The maximum absolute atomic E-state index is 5.34. The van der Waals surface area contributed by atoms with Gasteiger partial charge < -0.3 is 9.47 Å². The van der Waals surface area contributed by atoms with E-state index in [4.69, 9.17) is 15.2 Å². The molecule has 55 valence electrons. The van der Waals surface area contributed by atoms with Crippen molar-refractivity contribution in [3.05, 3.63) is 6.23 Å². The van der Waals surface area contributed by atoms with E-state index in [1.807, 2.05) is 13.8 Å². The third kappa shape index (κ3) is 5.76. The fraction of sp³-hybridized carbons (Fsp3) is 0.833. The minimum Gasteiger partial charge on any atom is -0.377 e. The normalized spacial score (nSPS) is 10.7. The SMILES string of the molecule is CCOC[C](N)OCC. The molecule has 0 aromatic rings. The zero-order valence-electron chi connectivity index (χ0n) is 6.02. The lowest BCUT2D eigenvalue weighted by Crippen LogP contribution is -2.20. The van der Waals surface area contributed by atoms with E-state index in [-0.39, 0.29) is 0 Å². The summed E-state index contributed by atoms with van der Waals surface area (Å²) in [5.74, 6) is 0. The van der Waals surface area contributed by atoms with Gasteiger partial charge in [-0.05, 0) is 13.8 Å². The average molecular weight is 132 g/mol. The molecule has 0 bridgehead atoms. The zero-order chi connectivity index (χ0) is 7.11. The summed E-state index contributed by atoms with van der Waals surface area (Å²) in [4.78, 5) is 0. The lowest BCUT2D eigenvalue weighted by Gasteiger charge is -2.08. The summed E-state index contributed by atoms with van der Waals surface area (Å²) in [7, 11) is 0. The number of hydrogen-bond donors (Lipinski definition) is 1. The van der Waals surface area contributed by atoms with Crippen molar-refractivity contribution in [2.45, 2.75) is 13.8 Å². The first kappa shape index (κ1) is 8.88. The highest BCUT2D eigenvalue weighted by atomic mass is 16.5. The van der Waals surface area contributed by atoms with Crippen LogP contribution in [0.4, 0.5) is 0 Å². The van der Waals surface area contributed by atoms with E-state index >= 15 is 0 Å². The molecule has 0 saturated carbocycles. The molecule has 0 rings (SSSR count). The van der Waals surface area contributed by atoms with Crippen LogP contribution < -0.4 is 5.73 Å². The standard InChI is InChI=1S/C6H14NO2/c1-3-8-5-6(7)9-4-2/h3-5,7H2,1-2H3. The summed E-state index contributed by atoms with van der Waals surface area (Å²) < 4.78 is 9.87. The Bertz CT molecular complexity index is 59.0. The van der Waals surface area contributed by atoms with Crippen LogP contribution in [0.5, 0.6) is 0 Å². The molecule has 0 amide bonds. The summed E-state index contributed by atoms with van der Waals surface area (Å²) in [6.07, 6.45) is 0.458. The maximum Gasteiger partial charge on any atom is 0.185 e. The molecular weight excluding hydrogens is 118 g/mol. The van der Waals surface area contributed by atoms with Crippen molar-refractivity contribution in [1.82, 2.24) is 0 Å². The highest BCUT2D eigenvalue weighted by Crippen LogP contribution is 1.91. The summed E-state index contributed by atoms with van der Waals surface area (Å²) in [5, 5.41) is 0. The smallest absolute Gasteiger partial charge is 0.185 e. The number of rotatable bonds is 5. The predicted octanol–water partition coefficient (Wildman–Crippen LogP) is 0.508. The largest absolute Gasteiger partial charge is 0.377 e. The van der Waals surface area contributed by atoms with E-state index in [9.17, 15) is 0 Å². The van der Waals surface area contributed by atoms with E-state index < -0.39 is 0 Å². The molecule has 0 heterocycles. The fourth-order valence-electron chi connectivity index (χ4n) is 0.430. The van der Waals surface area contributed by atoms with E-state index in [0.29, 0.717) is 26.0 Å². The molecule has 0 aromatic heterocycles. The van der Waals surface area contributed by atoms with Crippen molar-refractivity contribution in [3.8, 4) is 0 Å². The van der Waals surface area contributed by atoms with Crippen LogP contribution in [-0.2, 0) is 9.47 Å². The Morgan fingerprint density at radius 1 is 1.33 bits per heavy atom. The molecule has 0 aliphatic carbocycles. The van der Waals surface area contributed by atoms with Crippen molar-refractivity contribution >= 4 is 0 Å². The van der Waals surface area contributed by atoms with Crippen molar-refractivity contribution in [1.29, 1.82) is 0 Å². The molecule has 0 saturated heterocycles. The minimum absolute atomic E-state index is 0.407. The van der Waals surface area contributed by atoms with E-state index in [1.54, 1.807) is 0 Å². The molecule has 9 heavy (non-hydrogen) atoms. The van der Waals surface area contributed by atoms with E-state index in [0.717, 1.165) is 0 Å². The van der Waals surface area contributed by atoms with Crippen LogP contribution in [0.2, 0.25) is 0 Å². The predicted molar refractivity (Wildman–Crippen MR) is 35.5 cm³/mol. The van der Waals surface area contributed by atoms with Gasteiger partial charge in [0.1, 0.15) is 0 Å². The first-order valence-electron chi connectivity index (χ1n) is 3.13. The molecule has 0 aliphatic rings. The Labute approximate surface area is 56.1 Å².